The van der Waals surface area contributed by atoms with Crippen LogP contribution in [0.4, 0.5) is 5.69 Å². The van der Waals surface area contributed by atoms with Crippen LogP contribution in [-0.4, -0.2) is 4.98 Å². The van der Waals surface area contributed by atoms with Gasteiger partial charge >= 0.3 is 0 Å². The molecule has 0 saturated carbocycles. The molecular formula is C20H13N5O. The van der Waals surface area contributed by atoms with Gasteiger partial charge in [-0.1, -0.05) is 17.7 Å². The van der Waals surface area contributed by atoms with Gasteiger partial charge in [-0.3, -0.25) is 0 Å². The number of oxazole rings is 1. The van der Waals surface area contributed by atoms with E-state index < -0.39 is 0 Å². The molecule has 0 bridgehead atoms. The van der Waals surface area contributed by atoms with E-state index in [0.29, 0.717) is 22.7 Å². The maximum atomic E-state index is 9.17. The topological polar surface area (TPSA) is 109 Å². The fraction of sp³-hybridized carbons (Fsp3) is 0.100. The van der Waals surface area contributed by atoms with Gasteiger partial charge in [-0.2, -0.15) is 15.8 Å². The van der Waals surface area contributed by atoms with Gasteiger partial charge in [-0.15, -0.1) is 0 Å². The van der Waals surface area contributed by atoms with Crippen LogP contribution in [0.25, 0.3) is 22.6 Å². The van der Waals surface area contributed by atoms with Gasteiger partial charge in [0.25, 0.3) is 0 Å². The number of fused-ring (bicyclic) bond motifs is 1. The Kier molecular flexibility index (Phi) is 4.39. The highest BCUT2D eigenvalue weighted by atomic mass is 16.3. The van der Waals surface area contributed by atoms with Gasteiger partial charge in [-0.05, 0) is 43.7 Å². The standard InChI is InChI=1S/C20H13N5O/c1-12-3-5-14(6-4-12)20-25-17-8-16(7-13(2)19(17)26-20)24-18(11-23)15(9-21)10-22/h3-8,24H,1-2H3. The van der Waals surface area contributed by atoms with E-state index >= 15 is 0 Å². The maximum Gasteiger partial charge on any atom is 0.227 e. The predicted octanol–water partition coefficient (Wildman–Crippen LogP) is 4.35. The second kappa shape index (κ2) is 6.81. The minimum Gasteiger partial charge on any atom is -0.436 e. The Morgan fingerprint density at radius 2 is 1.69 bits per heavy atom. The second-order valence-electron chi connectivity index (χ2n) is 5.74. The molecule has 0 aliphatic carbocycles. The highest BCUT2D eigenvalue weighted by molar-refractivity contribution is 5.83. The molecule has 0 unspecified atom stereocenters. The lowest BCUT2D eigenvalue weighted by Gasteiger charge is -2.05. The Labute approximate surface area is 150 Å². The highest BCUT2D eigenvalue weighted by Gasteiger charge is 2.13. The first-order valence-electron chi connectivity index (χ1n) is 7.75. The van der Waals surface area contributed by atoms with Crippen LogP contribution in [0.15, 0.2) is 52.1 Å². The van der Waals surface area contributed by atoms with Gasteiger partial charge in [0, 0.05) is 11.3 Å². The van der Waals surface area contributed by atoms with Crippen molar-refractivity contribution in [3.63, 3.8) is 0 Å². The minimum atomic E-state index is -0.272. The molecule has 6 nitrogen and oxygen atoms in total. The number of hydrogen-bond acceptors (Lipinski definition) is 6. The lowest BCUT2D eigenvalue weighted by molar-refractivity contribution is 0.617. The van der Waals surface area contributed by atoms with Crippen molar-refractivity contribution in [1.29, 1.82) is 15.8 Å². The van der Waals surface area contributed by atoms with Crippen LogP contribution in [0, 0.1) is 47.8 Å². The molecule has 1 N–H and O–H groups in total. The molecular weight excluding hydrogens is 326 g/mol. The van der Waals surface area contributed by atoms with E-state index in [0.717, 1.165) is 16.7 Å². The van der Waals surface area contributed by atoms with Crippen LogP contribution in [0.3, 0.4) is 0 Å². The van der Waals surface area contributed by atoms with Crippen LogP contribution in [-0.2, 0) is 0 Å². The molecule has 2 aromatic carbocycles. The Morgan fingerprint density at radius 1 is 1.00 bits per heavy atom. The fourth-order valence-electron chi connectivity index (χ4n) is 2.52. The monoisotopic (exact) mass is 339 g/mol. The molecule has 0 aliphatic rings. The molecule has 26 heavy (non-hydrogen) atoms. The number of nitrogens with zero attached hydrogens (tertiary/aromatic N) is 4. The summed E-state index contributed by atoms with van der Waals surface area (Å²) in [6.07, 6.45) is 0. The molecule has 3 aromatic rings. The van der Waals surface area contributed by atoms with Gasteiger partial charge in [0.1, 0.15) is 29.4 Å². The van der Waals surface area contributed by atoms with Gasteiger partial charge in [-0.25, -0.2) is 4.98 Å². The Bertz CT molecular complexity index is 1130. The van der Waals surface area contributed by atoms with Crippen molar-refractivity contribution in [1.82, 2.24) is 4.98 Å². The van der Waals surface area contributed by atoms with Crippen molar-refractivity contribution in [2.75, 3.05) is 5.32 Å². The summed E-state index contributed by atoms with van der Waals surface area (Å²) in [5.74, 6) is 0.506. The smallest absolute Gasteiger partial charge is 0.227 e. The number of allylic oxidation sites excluding steroid dienone is 2. The van der Waals surface area contributed by atoms with Crippen LogP contribution in [0.5, 0.6) is 0 Å². The normalized spacial score (nSPS) is 9.81. The van der Waals surface area contributed by atoms with Gasteiger partial charge in [0.15, 0.2) is 11.2 Å². The average Bonchev–Trinajstić information content (AvgIpc) is 3.07. The number of anilines is 1. The summed E-state index contributed by atoms with van der Waals surface area (Å²) in [6.45, 7) is 3.87. The summed E-state index contributed by atoms with van der Waals surface area (Å²) in [4.78, 5) is 4.52. The fourth-order valence-corrected chi connectivity index (χ4v) is 2.52. The van der Waals surface area contributed by atoms with Crippen LogP contribution >= 0.6 is 0 Å². The predicted molar refractivity (Wildman–Crippen MR) is 96.4 cm³/mol. The van der Waals surface area contributed by atoms with Gasteiger partial charge in [0.2, 0.25) is 5.89 Å². The van der Waals surface area contributed by atoms with Crippen LogP contribution in [0.2, 0.25) is 0 Å². The van der Waals surface area contributed by atoms with E-state index in [4.69, 9.17) is 14.9 Å². The summed E-state index contributed by atoms with van der Waals surface area (Å²) < 4.78 is 5.88. The number of hydrogen-bond donors (Lipinski definition) is 1. The first kappa shape index (κ1) is 16.8. The summed E-state index contributed by atoms with van der Waals surface area (Å²) in [5, 5.41) is 29.8. The third-order valence-electron chi connectivity index (χ3n) is 3.83. The SMILES string of the molecule is Cc1ccc(-c2nc3cc(NC(C#N)=C(C#N)C#N)cc(C)c3o2)cc1. The minimum absolute atomic E-state index is 0.101. The molecule has 6 heteroatoms. The number of nitrogens with one attached hydrogen (secondary N) is 1. The number of nitriles is 3. The van der Waals surface area contributed by atoms with E-state index in [9.17, 15) is 5.26 Å². The van der Waals surface area contributed by atoms with E-state index in [-0.39, 0.29) is 11.3 Å². The molecule has 1 heterocycles. The van der Waals surface area contributed by atoms with Gasteiger partial charge < -0.3 is 9.73 Å². The number of rotatable bonds is 3. The highest BCUT2D eigenvalue weighted by Crippen LogP contribution is 2.29. The van der Waals surface area contributed by atoms with Crippen molar-refractivity contribution in [2.24, 2.45) is 0 Å². The number of aryl methyl sites for hydroxylation is 2. The zero-order valence-corrected chi connectivity index (χ0v) is 14.2. The molecule has 3 rings (SSSR count). The molecule has 0 aliphatic heterocycles. The molecule has 0 amide bonds. The summed E-state index contributed by atoms with van der Waals surface area (Å²) in [7, 11) is 0. The Hall–Kier alpha value is -4.08. The first-order valence-corrected chi connectivity index (χ1v) is 7.75. The van der Waals surface area contributed by atoms with Crippen molar-refractivity contribution in [3.05, 3.63) is 58.8 Å². The molecule has 0 fully saturated rings. The number of aromatic nitrogens is 1. The summed E-state index contributed by atoms with van der Waals surface area (Å²) in [5.41, 5.74) is 4.29. The Morgan fingerprint density at radius 3 is 2.31 bits per heavy atom. The van der Waals surface area contributed by atoms with Crippen molar-refractivity contribution < 1.29 is 4.42 Å². The van der Waals surface area contributed by atoms with E-state index in [2.05, 4.69) is 10.3 Å². The zero-order chi connectivity index (χ0) is 18.7. The first-order chi connectivity index (χ1) is 12.5. The lowest BCUT2D eigenvalue weighted by Crippen LogP contribution is -2.00. The molecule has 0 spiro atoms. The van der Waals surface area contributed by atoms with E-state index in [1.54, 1.807) is 24.3 Å². The maximum absolute atomic E-state index is 9.17. The third-order valence-corrected chi connectivity index (χ3v) is 3.83. The lowest BCUT2D eigenvalue weighted by atomic mass is 10.1. The molecule has 0 saturated heterocycles. The van der Waals surface area contributed by atoms with Crippen LogP contribution in [0.1, 0.15) is 11.1 Å². The zero-order valence-electron chi connectivity index (χ0n) is 14.2. The molecule has 1 aromatic heterocycles. The molecule has 124 valence electrons. The largest absolute Gasteiger partial charge is 0.436 e. The number of benzene rings is 2. The van der Waals surface area contributed by atoms with Crippen molar-refractivity contribution in [3.8, 4) is 29.7 Å². The van der Waals surface area contributed by atoms with E-state index in [1.807, 2.05) is 44.2 Å². The van der Waals surface area contributed by atoms with E-state index in [1.165, 1.54) is 0 Å². The summed E-state index contributed by atoms with van der Waals surface area (Å²) >= 11 is 0. The quantitative estimate of drug-likeness (QED) is 0.710. The Balaban J connectivity index is 2.05. The van der Waals surface area contributed by atoms with Crippen LogP contribution < -0.4 is 5.32 Å². The molecule has 0 radical (unpaired) electrons. The molecule has 0 atom stereocenters. The van der Waals surface area contributed by atoms with Gasteiger partial charge in [0.05, 0.1) is 0 Å². The van der Waals surface area contributed by atoms with Crippen molar-refractivity contribution >= 4 is 16.8 Å². The average molecular weight is 339 g/mol. The van der Waals surface area contributed by atoms with Crippen molar-refractivity contribution in [2.45, 2.75) is 13.8 Å². The second-order valence-corrected chi connectivity index (χ2v) is 5.74. The summed E-state index contributed by atoms with van der Waals surface area (Å²) in [6, 6.07) is 16.6. The third kappa shape index (κ3) is 3.11.